The number of benzene rings is 2. The molecule has 0 amide bonds. The summed E-state index contributed by atoms with van der Waals surface area (Å²) in [5.41, 5.74) is 0.699. The van der Waals surface area contributed by atoms with Gasteiger partial charge in [-0.05, 0) is 41.5 Å². The Bertz CT molecular complexity index is 642. The molecule has 0 heterocycles. The van der Waals surface area contributed by atoms with Crippen molar-refractivity contribution in [2.24, 2.45) is 0 Å². The largest absolute Gasteiger partial charge is 0.494 e. The van der Waals surface area contributed by atoms with Gasteiger partial charge in [-0.25, -0.2) is 0 Å². The van der Waals surface area contributed by atoms with Crippen LogP contribution in [0.4, 0.5) is 0 Å². The SMILES string of the molecule is CCCCCCCCCCOc1ccc2cc(C#N)ccc2c1. The minimum atomic E-state index is 0.699. The first kappa shape index (κ1) is 17.3. The molecule has 2 rings (SSSR count). The second-order valence-corrected chi connectivity index (χ2v) is 6.16. The third-order valence-corrected chi connectivity index (χ3v) is 4.21. The highest BCUT2D eigenvalue weighted by atomic mass is 16.5. The standard InChI is InChI=1S/C21H27NO/c1-2-3-4-5-6-7-8-9-14-23-21-13-12-19-15-18(17-22)10-11-20(19)16-21/h10-13,15-16H,2-9,14H2,1H3. The van der Waals surface area contributed by atoms with Gasteiger partial charge in [-0.2, -0.15) is 5.26 Å². The predicted molar refractivity (Wildman–Crippen MR) is 96.8 cm³/mol. The summed E-state index contributed by atoms with van der Waals surface area (Å²) in [6.07, 6.45) is 10.5. The molecular formula is C21H27NO. The first-order valence-electron chi connectivity index (χ1n) is 8.90. The van der Waals surface area contributed by atoms with Crippen LogP contribution in [0.1, 0.15) is 63.9 Å². The minimum Gasteiger partial charge on any atom is -0.494 e. The second-order valence-electron chi connectivity index (χ2n) is 6.16. The van der Waals surface area contributed by atoms with E-state index in [0.717, 1.165) is 29.5 Å². The first-order valence-corrected chi connectivity index (χ1v) is 8.90. The summed E-state index contributed by atoms with van der Waals surface area (Å²) in [5.74, 6) is 0.921. The van der Waals surface area contributed by atoms with Crippen molar-refractivity contribution >= 4 is 10.8 Å². The van der Waals surface area contributed by atoms with E-state index in [9.17, 15) is 0 Å². The number of nitriles is 1. The van der Waals surface area contributed by atoms with Gasteiger partial charge in [0, 0.05) is 0 Å². The van der Waals surface area contributed by atoms with Crippen LogP contribution in [0.15, 0.2) is 36.4 Å². The highest BCUT2D eigenvalue weighted by Gasteiger charge is 1.99. The molecule has 0 N–H and O–H groups in total. The van der Waals surface area contributed by atoms with Gasteiger partial charge in [0.1, 0.15) is 5.75 Å². The zero-order chi connectivity index (χ0) is 16.3. The molecule has 0 spiro atoms. The molecule has 2 aromatic rings. The average Bonchev–Trinajstić information content (AvgIpc) is 2.59. The minimum absolute atomic E-state index is 0.699. The molecule has 2 heteroatoms. The molecule has 0 radical (unpaired) electrons. The fraction of sp³-hybridized carbons (Fsp3) is 0.476. The van der Waals surface area contributed by atoms with Crippen LogP contribution in [-0.4, -0.2) is 6.61 Å². The van der Waals surface area contributed by atoms with Crippen LogP contribution < -0.4 is 4.74 Å². The smallest absolute Gasteiger partial charge is 0.119 e. The number of rotatable bonds is 10. The van der Waals surface area contributed by atoms with Crippen LogP contribution in [0.3, 0.4) is 0 Å². The summed E-state index contributed by atoms with van der Waals surface area (Å²) in [7, 11) is 0. The van der Waals surface area contributed by atoms with Crippen molar-refractivity contribution in [2.75, 3.05) is 6.61 Å². The lowest BCUT2D eigenvalue weighted by molar-refractivity contribution is 0.304. The average molecular weight is 309 g/mol. The van der Waals surface area contributed by atoms with Crippen LogP contribution in [0, 0.1) is 11.3 Å². The Morgan fingerprint density at radius 1 is 0.826 bits per heavy atom. The summed E-state index contributed by atoms with van der Waals surface area (Å²) >= 11 is 0. The summed E-state index contributed by atoms with van der Waals surface area (Å²) in [5, 5.41) is 11.1. The molecule has 0 fully saturated rings. The quantitative estimate of drug-likeness (QED) is 0.487. The Balaban J connectivity index is 1.68. The molecule has 0 aromatic heterocycles. The Hall–Kier alpha value is -2.01. The highest BCUT2D eigenvalue weighted by molar-refractivity contribution is 5.85. The van der Waals surface area contributed by atoms with E-state index in [4.69, 9.17) is 10.00 Å². The normalized spacial score (nSPS) is 10.6. The van der Waals surface area contributed by atoms with Gasteiger partial charge >= 0.3 is 0 Å². The number of ether oxygens (including phenoxy) is 1. The van der Waals surface area contributed by atoms with Crippen molar-refractivity contribution in [2.45, 2.75) is 58.3 Å². The van der Waals surface area contributed by atoms with Gasteiger partial charge in [0.25, 0.3) is 0 Å². The predicted octanol–water partition coefficient (Wildman–Crippen LogP) is 6.23. The number of fused-ring (bicyclic) bond motifs is 1. The monoisotopic (exact) mass is 309 g/mol. The third kappa shape index (κ3) is 5.94. The molecule has 2 aromatic carbocycles. The molecule has 0 atom stereocenters. The lowest BCUT2D eigenvalue weighted by Gasteiger charge is -2.07. The molecule has 122 valence electrons. The number of unbranched alkanes of at least 4 members (excludes halogenated alkanes) is 7. The van der Waals surface area contributed by atoms with Crippen LogP contribution in [0.5, 0.6) is 5.75 Å². The third-order valence-electron chi connectivity index (χ3n) is 4.21. The van der Waals surface area contributed by atoms with Crippen molar-refractivity contribution in [3.8, 4) is 11.8 Å². The number of nitrogens with zero attached hydrogens (tertiary/aromatic N) is 1. The van der Waals surface area contributed by atoms with E-state index in [1.165, 1.54) is 44.9 Å². The molecule has 2 nitrogen and oxygen atoms in total. The van der Waals surface area contributed by atoms with Crippen molar-refractivity contribution in [1.29, 1.82) is 5.26 Å². The van der Waals surface area contributed by atoms with Crippen LogP contribution >= 0.6 is 0 Å². The van der Waals surface area contributed by atoms with Gasteiger partial charge in [-0.15, -0.1) is 0 Å². The molecular weight excluding hydrogens is 282 g/mol. The zero-order valence-electron chi connectivity index (χ0n) is 14.2. The van der Waals surface area contributed by atoms with Gasteiger partial charge in [0.2, 0.25) is 0 Å². The number of hydrogen-bond acceptors (Lipinski definition) is 2. The maximum Gasteiger partial charge on any atom is 0.119 e. The van der Waals surface area contributed by atoms with E-state index in [1.807, 2.05) is 30.3 Å². The number of hydrogen-bond donors (Lipinski definition) is 0. The second kappa shape index (κ2) is 9.90. The molecule has 0 saturated heterocycles. The molecule has 0 unspecified atom stereocenters. The van der Waals surface area contributed by atoms with Gasteiger partial charge in [-0.3, -0.25) is 0 Å². The van der Waals surface area contributed by atoms with Crippen LogP contribution in [0.25, 0.3) is 10.8 Å². The van der Waals surface area contributed by atoms with Gasteiger partial charge < -0.3 is 4.74 Å². The Morgan fingerprint density at radius 2 is 1.48 bits per heavy atom. The van der Waals surface area contributed by atoms with Crippen LogP contribution in [-0.2, 0) is 0 Å². The van der Waals surface area contributed by atoms with Crippen molar-refractivity contribution in [3.05, 3.63) is 42.0 Å². The van der Waals surface area contributed by atoms with E-state index >= 15 is 0 Å². The van der Waals surface area contributed by atoms with E-state index in [1.54, 1.807) is 0 Å². The van der Waals surface area contributed by atoms with E-state index in [0.29, 0.717) is 5.56 Å². The molecule has 0 aliphatic rings. The Morgan fingerprint density at radius 3 is 2.22 bits per heavy atom. The van der Waals surface area contributed by atoms with Gasteiger partial charge in [0.15, 0.2) is 0 Å². The van der Waals surface area contributed by atoms with E-state index < -0.39 is 0 Å². The zero-order valence-corrected chi connectivity index (χ0v) is 14.2. The lowest BCUT2D eigenvalue weighted by Crippen LogP contribution is -1.97. The molecule has 0 aliphatic carbocycles. The molecule has 0 aliphatic heterocycles. The highest BCUT2D eigenvalue weighted by Crippen LogP contribution is 2.22. The fourth-order valence-electron chi connectivity index (χ4n) is 2.81. The van der Waals surface area contributed by atoms with Gasteiger partial charge in [-0.1, -0.05) is 64.0 Å². The van der Waals surface area contributed by atoms with E-state index in [2.05, 4.69) is 19.1 Å². The maximum atomic E-state index is 8.92. The summed E-state index contributed by atoms with van der Waals surface area (Å²) < 4.78 is 5.85. The summed E-state index contributed by atoms with van der Waals surface area (Å²) in [6.45, 7) is 3.04. The van der Waals surface area contributed by atoms with Crippen LogP contribution in [0.2, 0.25) is 0 Å². The maximum absolute atomic E-state index is 8.92. The molecule has 0 saturated carbocycles. The Kier molecular flexibility index (Phi) is 7.46. The Labute approximate surface area is 140 Å². The molecule has 0 bridgehead atoms. The van der Waals surface area contributed by atoms with E-state index in [-0.39, 0.29) is 0 Å². The lowest BCUT2D eigenvalue weighted by atomic mass is 10.1. The van der Waals surface area contributed by atoms with Crippen molar-refractivity contribution in [1.82, 2.24) is 0 Å². The van der Waals surface area contributed by atoms with Crippen molar-refractivity contribution < 1.29 is 4.74 Å². The molecule has 23 heavy (non-hydrogen) atoms. The summed E-state index contributed by atoms with van der Waals surface area (Å²) in [4.78, 5) is 0. The fourth-order valence-corrected chi connectivity index (χ4v) is 2.81. The van der Waals surface area contributed by atoms with Gasteiger partial charge in [0.05, 0.1) is 18.2 Å². The van der Waals surface area contributed by atoms with Crippen molar-refractivity contribution in [3.63, 3.8) is 0 Å². The topological polar surface area (TPSA) is 33.0 Å². The summed E-state index contributed by atoms with van der Waals surface area (Å²) in [6, 6.07) is 14.0. The first-order chi connectivity index (χ1) is 11.3.